The average Bonchev–Trinajstić information content (AvgIpc) is 2.66. The average molecular weight is 426 g/mol. The Bertz CT molecular complexity index is 867. The highest BCUT2D eigenvalue weighted by molar-refractivity contribution is 6.30. The van der Waals surface area contributed by atoms with E-state index in [4.69, 9.17) is 27.9 Å². The van der Waals surface area contributed by atoms with Crippen molar-refractivity contribution in [1.29, 1.82) is 0 Å². The molecule has 0 saturated carbocycles. The van der Waals surface area contributed by atoms with Gasteiger partial charge in [0.05, 0.1) is 29.4 Å². The van der Waals surface area contributed by atoms with Crippen molar-refractivity contribution in [1.82, 2.24) is 14.9 Å². The van der Waals surface area contributed by atoms with Crippen LogP contribution >= 0.6 is 23.2 Å². The van der Waals surface area contributed by atoms with Gasteiger partial charge in [0.1, 0.15) is 11.0 Å². The fourth-order valence-electron chi connectivity index (χ4n) is 3.95. The summed E-state index contributed by atoms with van der Waals surface area (Å²) in [7, 11) is 1.39. The van der Waals surface area contributed by atoms with Gasteiger partial charge in [-0.25, -0.2) is 9.37 Å². The molecule has 3 rings (SSSR count). The summed E-state index contributed by atoms with van der Waals surface area (Å²) >= 11 is 11.8. The summed E-state index contributed by atoms with van der Waals surface area (Å²) in [5.74, 6) is -0.662. The van der Waals surface area contributed by atoms with Crippen LogP contribution in [-0.4, -0.2) is 40.5 Å². The molecule has 28 heavy (non-hydrogen) atoms. The fraction of sp³-hybridized carbons (Fsp3) is 0.450. The van der Waals surface area contributed by atoms with Gasteiger partial charge in [0.15, 0.2) is 0 Å². The maximum absolute atomic E-state index is 14.3. The van der Waals surface area contributed by atoms with Crippen molar-refractivity contribution >= 4 is 29.2 Å². The number of hydrogen-bond donors (Lipinski definition) is 0. The number of esters is 1. The van der Waals surface area contributed by atoms with E-state index in [1.54, 1.807) is 18.3 Å². The molecule has 2 atom stereocenters. The molecule has 0 unspecified atom stereocenters. The topological polar surface area (TPSA) is 55.3 Å². The lowest BCUT2D eigenvalue weighted by molar-refractivity contribution is -0.157. The molecular formula is C20H22Cl2FN3O2. The van der Waals surface area contributed by atoms with Gasteiger partial charge in [0.25, 0.3) is 0 Å². The highest BCUT2D eigenvalue weighted by Gasteiger charge is 2.45. The normalized spacial score (nSPS) is 22.8. The van der Waals surface area contributed by atoms with Gasteiger partial charge in [-0.2, -0.15) is 0 Å². The SMILES string of the molecule is COC(=O)[C@]1(Cc2cncc(Cl)n2)CCN(Cc2cccc(Cl)c2F)[C@H](C)C1. The van der Waals surface area contributed by atoms with Crippen LogP contribution in [0, 0.1) is 11.2 Å². The monoisotopic (exact) mass is 425 g/mol. The van der Waals surface area contributed by atoms with Crippen molar-refractivity contribution < 1.29 is 13.9 Å². The van der Waals surface area contributed by atoms with Crippen molar-refractivity contribution in [3.63, 3.8) is 0 Å². The number of nitrogens with zero attached hydrogens (tertiary/aromatic N) is 3. The molecule has 1 aromatic carbocycles. The van der Waals surface area contributed by atoms with Crippen LogP contribution in [0.25, 0.3) is 0 Å². The number of aromatic nitrogens is 2. The lowest BCUT2D eigenvalue weighted by Crippen LogP contribution is -2.50. The quantitative estimate of drug-likeness (QED) is 0.667. The van der Waals surface area contributed by atoms with Crippen molar-refractivity contribution in [3.05, 3.63) is 57.8 Å². The first-order valence-electron chi connectivity index (χ1n) is 9.06. The molecule has 0 bridgehead atoms. The molecule has 0 amide bonds. The molecule has 150 valence electrons. The van der Waals surface area contributed by atoms with E-state index in [0.717, 1.165) is 0 Å². The molecular weight excluding hydrogens is 404 g/mol. The highest BCUT2D eigenvalue weighted by Crippen LogP contribution is 2.39. The summed E-state index contributed by atoms with van der Waals surface area (Å²) < 4.78 is 19.4. The van der Waals surface area contributed by atoms with Gasteiger partial charge >= 0.3 is 5.97 Å². The molecule has 2 heterocycles. The predicted octanol–water partition coefficient (Wildman–Crippen LogP) is 4.31. The van der Waals surface area contributed by atoms with E-state index in [1.165, 1.54) is 19.4 Å². The summed E-state index contributed by atoms with van der Waals surface area (Å²) in [5.41, 5.74) is 0.488. The van der Waals surface area contributed by atoms with Crippen LogP contribution in [0.1, 0.15) is 31.0 Å². The zero-order chi connectivity index (χ0) is 20.3. The number of halogens is 3. The molecule has 5 nitrogen and oxygen atoms in total. The highest BCUT2D eigenvalue weighted by atomic mass is 35.5. The van der Waals surface area contributed by atoms with Gasteiger partial charge in [0, 0.05) is 30.8 Å². The summed E-state index contributed by atoms with van der Waals surface area (Å²) in [6.07, 6.45) is 4.61. The van der Waals surface area contributed by atoms with Crippen molar-refractivity contribution in [3.8, 4) is 0 Å². The Balaban J connectivity index is 1.79. The van der Waals surface area contributed by atoms with Crippen LogP contribution < -0.4 is 0 Å². The fourth-order valence-corrected chi connectivity index (χ4v) is 4.30. The van der Waals surface area contributed by atoms with E-state index in [1.807, 2.05) is 6.92 Å². The first-order chi connectivity index (χ1) is 13.3. The third-order valence-corrected chi connectivity index (χ3v) is 5.86. The Labute approximate surface area is 173 Å². The van der Waals surface area contributed by atoms with Gasteiger partial charge in [-0.1, -0.05) is 35.3 Å². The number of rotatable bonds is 5. The summed E-state index contributed by atoms with van der Waals surface area (Å²) in [5, 5.41) is 0.407. The van der Waals surface area contributed by atoms with E-state index < -0.39 is 11.2 Å². The molecule has 0 aliphatic carbocycles. The number of hydrogen-bond acceptors (Lipinski definition) is 5. The number of carbonyl (C=O) groups excluding carboxylic acids is 1. The molecule has 1 aliphatic heterocycles. The Morgan fingerprint density at radius 3 is 2.86 bits per heavy atom. The third kappa shape index (κ3) is 4.45. The molecule has 0 N–H and O–H groups in total. The number of carbonyl (C=O) groups is 1. The first-order valence-corrected chi connectivity index (χ1v) is 9.82. The number of benzene rings is 1. The Kier molecular flexibility index (Phi) is 6.53. The predicted molar refractivity (Wildman–Crippen MR) is 106 cm³/mol. The second-order valence-electron chi connectivity index (χ2n) is 7.27. The van der Waals surface area contributed by atoms with Crippen LogP contribution in [0.15, 0.2) is 30.6 Å². The summed E-state index contributed by atoms with van der Waals surface area (Å²) in [4.78, 5) is 23.2. The summed E-state index contributed by atoms with van der Waals surface area (Å²) in [6, 6.07) is 5.05. The largest absolute Gasteiger partial charge is 0.469 e. The van der Waals surface area contributed by atoms with Gasteiger partial charge in [-0.3, -0.25) is 14.7 Å². The molecule has 1 aliphatic rings. The van der Waals surface area contributed by atoms with Crippen LogP contribution in [0.3, 0.4) is 0 Å². The molecule has 0 radical (unpaired) electrons. The van der Waals surface area contributed by atoms with Crippen molar-refractivity contribution in [2.75, 3.05) is 13.7 Å². The maximum atomic E-state index is 14.3. The Morgan fingerprint density at radius 2 is 2.18 bits per heavy atom. The van der Waals surface area contributed by atoms with Gasteiger partial charge in [0.2, 0.25) is 0 Å². The molecule has 1 fully saturated rings. The zero-order valence-corrected chi connectivity index (χ0v) is 17.3. The minimum Gasteiger partial charge on any atom is -0.469 e. The van der Waals surface area contributed by atoms with E-state index in [2.05, 4.69) is 14.9 Å². The zero-order valence-electron chi connectivity index (χ0n) is 15.8. The van der Waals surface area contributed by atoms with Gasteiger partial charge in [-0.15, -0.1) is 0 Å². The van der Waals surface area contributed by atoms with E-state index in [9.17, 15) is 9.18 Å². The van der Waals surface area contributed by atoms with E-state index in [0.29, 0.717) is 48.8 Å². The van der Waals surface area contributed by atoms with Crippen molar-refractivity contribution in [2.45, 2.75) is 38.8 Å². The van der Waals surface area contributed by atoms with E-state index in [-0.39, 0.29) is 17.0 Å². The molecule has 1 aromatic heterocycles. The molecule has 8 heteroatoms. The minimum absolute atomic E-state index is 0.0402. The van der Waals surface area contributed by atoms with Crippen LogP contribution in [0.2, 0.25) is 10.2 Å². The van der Waals surface area contributed by atoms with Crippen LogP contribution in [0.5, 0.6) is 0 Å². The standard InChI is InChI=1S/C20H22Cl2FN3O2/c1-13-8-20(19(27)28-2,9-15-10-24-11-17(22)25-15)6-7-26(13)12-14-4-3-5-16(21)18(14)23/h3-5,10-11,13H,6-9,12H2,1-2H3/t13-,20-/m1/s1. The van der Waals surface area contributed by atoms with Crippen LogP contribution in [-0.2, 0) is 22.5 Å². The number of ether oxygens (including phenoxy) is 1. The summed E-state index contributed by atoms with van der Waals surface area (Å²) in [6.45, 7) is 3.08. The lowest BCUT2D eigenvalue weighted by atomic mass is 9.72. The number of methoxy groups -OCH3 is 1. The van der Waals surface area contributed by atoms with Gasteiger partial charge in [-0.05, 0) is 32.4 Å². The van der Waals surface area contributed by atoms with Gasteiger partial charge < -0.3 is 4.74 Å². The smallest absolute Gasteiger partial charge is 0.312 e. The molecule has 0 spiro atoms. The first kappa shape index (κ1) is 21.0. The Hall–Kier alpha value is -1.76. The maximum Gasteiger partial charge on any atom is 0.312 e. The number of piperidine rings is 1. The minimum atomic E-state index is -0.711. The Morgan fingerprint density at radius 1 is 1.39 bits per heavy atom. The van der Waals surface area contributed by atoms with E-state index >= 15 is 0 Å². The second kappa shape index (κ2) is 8.72. The van der Waals surface area contributed by atoms with Crippen molar-refractivity contribution in [2.24, 2.45) is 5.41 Å². The van der Waals surface area contributed by atoms with Crippen LogP contribution in [0.4, 0.5) is 4.39 Å². The molecule has 2 aromatic rings. The third-order valence-electron chi connectivity index (χ3n) is 5.39. The number of likely N-dealkylation sites (tertiary alicyclic amines) is 1. The second-order valence-corrected chi connectivity index (χ2v) is 8.06. The molecule has 1 saturated heterocycles. The lowest BCUT2D eigenvalue weighted by Gasteiger charge is -2.43.